The Balaban J connectivity index is 1.49. The van der Waals surface area contributed by atoms with Gasteiger partial charge in [0.15, 0.2) is 6.54 Å². The molecule has 2 aromatic rings. The van der Waals surface area contributed by atoms with E-state index >= 15 is 0 Å². The zero-order valence-electron chi connectivity index (χ0n) is 16.1. The number of likely N-dealkylation sites (tertiary alicyclic amines) is 1. The molecule has 1 aliphatic rings. The number of amides is 1. The van der Waals surface area contributed by atoms with Gasteiger partial charge in [-0.1, -0.05) is 0 Å². The van der Waals surface area contributed by atoms with E-state index in [1.807, 2.05) is 30.9 Å². The number of aromatic nitrogens is 3. The fourth-order valence-electron chi connectivity index (χ4n) is 3.56. The monoisotopic (exact) mass is 367 g/mol. The van der Waals surface area contributed by atoms with Gasteiger partial charge in [-0.25, -0.2) is 4.98 Å². The first-order valence-electron chi connectivity index (χ1n) is 9.42. The molecule has 1 aliphatic heterocycles. The summed E-state index contributed by atoms with van der Waals surface area (Å²) in [5, 5.41) is 9.17. The van der Waals surface area contributed by atoms with Gasteiger partial charge in [0, 0.05) is 43.7 Å². The van der Waals surface area contributed by atoms with Crippen LogP contribution in [0.15, 0.2) is 37.1 Å². The van der Waals surface area contributed by atoms with Crippen LogP contribution in [0, 0.1) is 11.3 Å². The molecule has 0 aliphatic carbocycles. The third-order valence-electron chi connectivity index (χ3n) is 5.06. The Morgan fingerprint density at radius 3 is 3.04 bits per heavy atom. The van der Waals surface area contributed by atoms with E-state index in [-0.39, 0.29) is 11.9 Å². The highest BCUT2D eigenvalue weighted by Crippen LogP contribution is 2.18. The molecule has 3 heterocycles. The number of nitrogens with zero attached hydrogens (tertiary/aromatic N) is 6. The summed E-state index contributed by atoms with van der Waals surface area (Å²) in [6, 6.07) is 5.91. The molecule has 0 radical (unpaired) electrons. The molecule has 0 N–H and O–H groups in total. The summed E-state index contributed by atoms with van der Waals surface area (Å²) in [4.78, 5) is 22.9. The van der Waals surface area contributed by atoms with Gasteiger partial charge in [-0.05, 0) is 25.0 Å². The fraction of sp³-hybridized carbons (Fsp3) is 0.500. The molecule has 0 saturated carbocycles. The molecule has 0 unspecified atom stereocenters. The summed E-state index contributed by atoms with van der Waals surface area (Å²) >= 11 is 0. The van der Waals surface area contributed by atoms with Crippen molar-refractivity contribution in [1.82, 2.24) is 19.4 Å². The van der Waals surface area contributed by atoms with Crippen LogP contribution in [-0.2, 0) is 11.3 Å². The lowest BCUT2D eigenvalue weighted by molar-refractivity contribution is -0.883. The van der Waals surface area contributed by atoms with E-state index in [2.05, 4.69) is 34.7 Å². The van der Waals surface area contributed by atoms with Crippen molar-refractivity contribution in [3.63, 3.8) is 0 Å². The Labute approximate surface area is 160 Å². The quantitative estimate of drug-likeness (QED) is 0.701. The zero-order chi connectivity index (χ0) is 19.3. The maximum atomic E-state index is 12.6. The highest BCUT2D eigenvalue weighted by molar-refractivity contribution is 5.78. The molecule has 7 nitrogen and oxygen atoms in total. The van der Waals surface area contributed by atoms with Crippen LogP contribution in [0.2, 0.25) is 0 Å². The molecule has 1 saturated heterocycles. The van der Waals surface area contributed by atoms with Crippen molar-refractivity contribution < 1.29 is 9.28 Å². The topological polar surface area (TPSA) is 74.8 Å². The maximum absolute atomic E-state index is 12.6. The molecule has 0 spiro atoms. The number of imidazole rings is 1. The first-order chi connectivity index (χ1) is 13.0. The summed E-state index contributed by atoms with van der Waals surface area (Å²) < 4.78 is 2.70. The summed E-state index contributed by atoms with van der Waals surface area (Å²) in [7, 11) is 4.15. The summed E-state index contributed by atoms with van der Waals surface area (Å²) in [5.74, 6) is 0.0885. The molecular weight excluding hydrogens is 340 g/mol. The van der Waals surface area contributed by atoms with Crippen molar-refractivity contribution in [2.24, 2.45) is 0 Å². The Kier molecular flexibility index (Phi) is 5.87. The lowest BCUT2D eigenvalue weighted by Crippen LogP contribution is -2.50. The number of nitriles is 1. The van der Waals surface area contributed by atoms with E-state index in [1.165, 1.54) is 0 Å². The van der Waals surface area contributed by atoms with Crippen LogP contribution < -0.4 is 0 Å². The van der Waals surface area contributed by atoms with Gasteiger partial charge in [0.2, 0.25) is 0 Å². The Hall–Kier alpha value is -2.72. The van der Waals surface area contributed by atoms with Crippen LogP contribution >= 0.6 is 0 Å². The number of aryl methyl sites for hydroxylation is 1. The van der Waals surface area contributed by atoms with Crippen molar-refractivity contribution in [3.05, 3.63) is 37.1 Å². The standard InChI is InChI=1S/C20H27N6O/c1-26(2,15-20(27)25-10-4-7-18(25)12-21)11-5-9-24-14-19(23-16-24)17-6-3-8-22-13-17/h3,6,8,13-14,16,18H,4-5,7,9-11,15H2,1-2H3/q+1/t18-/m0/s1. The third-order valence-corrected chi connectivity index (χ3v) is 5.06. The number of carbonyl (C=O) groups is 1. The summed E-state index contributed by atoms with van der Waals surface area (Å²) in [6.45, 7) is 2.89. The minimum absolute atomic E-state index is 0.0885. The second-order valence-corrected chi connectivity index (χ2v) is 7.78. The highest BCUT2D eigenvalue weighted by Gasteiger charge is 2.32. The third kappa shape index (κ3) is 4.92. The minimum atomic E-state index is -0.241. The van der Waals surface area contributed by atoms with Gasteiger partial charge in [0.1, 0.15) is 6.04 Å². The maximum Gasteiger partial charge on any atom is 0.278 e. The normalized spacial score (nSPS) is 17.1. The van der Waals surface area contributed by atoms with E-state index in [4.69, 9.17) is 0 Å². The van der Waals surface area contributed by atoms with E-state index in [0.29, 0.717) is 17.6 Å². The van der Waals surface area contributed by atoms with Gasteiger partial charge < -0.3 is 14.0 Å². The van der Waals surface area contributed by atoms with Crippen LogP contribution in [0.1, 0.15) is 19.3 Å². The van der Waals surface area contributed by atoms with Crippen molar-refractivity contribution in [3.8, 4) is 17.3 Å². The SMILES string of the molecule is C[N+](C)(CCCn1cnc(-c2cccnc2)c1)CC(=O)N1CCC[C@H]1C#N. The molecular formula is C20H27N6O+. The molecule has 2 aromatic heterocycles. The molecule has 3 rings (SSSR count). The Morgan fingerprint density at radius 1 is 1.44 bits per heavy atom. The molecule has 1 amide bonds. The smallest absolute Gasteiger partial charge is 0.278 e. The number of hydrogen-bond acceptors (Lipinski definition) is 4. The number of quaternary nitrogens is 1. The molecule has 1 atom stereocenters. The van der Waals surface area contributed by atoms with Crippen LogP contribution in [0.5, 0.6) is 0 Å². The highest BCUT2D eigenvalue weighted by atomic mass is 16.2. The van der Waals surface area contributed by atoms with E-state index < -0.39 is 0 Å². The summed E-state index contributed by atoms with van der Waals surface area (Å²) in [6.07, 6.45) is 10.1. The van der Waals surface area contributed by atoms with Gasteiger partial charge in [0.05, 0.1) is 38.7 Å². The van der Waals surface area contributed by atoms with E-state index in [0.717, 1.165) is 43.6 Å². The number of rotatable bonds is 7. The fourth-order valence-corrected chi connectivity index (χ4v) is 3.56. The average molecular weight is 367 g/mol. The largest absolute Gasteiger partial charge is 0.337 e. The van der Waals surface area contributed by atoms with Crippen molar-refractivity contribution in [1.29, 1.82) is 5.26 Å². The first kappa shape index (κ1) is 19.1. The molecule has 142 valence electrons. The number of hydrogen-bond donors (Lipinski definition) is 0. The Morgan fingerprint density at radius 2 is 2.30 bits per heavy atom. The molecule has 27 heavy (non-hydrogen) atoms. The van der Waals surface area contributed by atoms with Gasteiger partial charge in [-0.15, -0.1) is 0 Å². The molecule has 0 bridgehead atoms. The van der Waals surface area contributed by atoms with Crippen molar-refractivity contribution in [2.75, 3.05) is 33.7 Å². The minimum Gasteiger partial charge on any atom is -0.337 e. The predicted octanol–water partition coefficient (Wildman–Crippen LogP) is 1.93. The van der Waals surface area contributed by atoms with Gasteiger partial charge in [-0.2, -0.15) is 5.26 Å². The zero-order valence-corrected chi connectivity index (χ0v) is 16.1. The van der Waals surface area contributed by atoms with Gasteiger partial charge in [-0.3, -0.25) is 9.78 Å². The van der Waals surface area contributed by atoms with Crippen molar-refractivity contribution >= 4 is 5.91 Å². The summed E-state index contributed by atoms with van der Waals surface area (Å²) in [5.41, 5.74) is 1.93. The second kappa shape index (κ2) is 8.31. The van der Waals surface area contributed by atoms with E-state index in [9.17, 15) is 10.1 Å². The lowest BCUT2D eigenvalue weighted by Gasteiger charge is -2.31. The van der Waals surface area contributed by atoms with Crippen LogP contribution in [0.3, 0.4) is 0 Å². The average Bonchev–Trinajstić information content (AvgIpc) is 3.31. The van der Waals surface area contributed by atoms with E-state index in [1.54, 1.807) is 11.1 Å². The van der Waals surface area contributed by atoms with Crippen LogP contribution in [0.4, 0.5) is 0 Å². The number of likely N-dealkylation sites (N-methyl/N-ethyl adjacent to an activating group) is 1. The van der Waals surface area contributed by atoms with Gasteiger partial charge >= 0.3 is 0 Å². The second-order valence-electron chi connectivity index (χ2n) is 7.78. The number of pyridine rings is 1. The first-order valence-corrected chi connectivity index (χ1v) is 9.42. The number of carbonyl (C=O) groups excluding carboxylic acids is 1. The molecule has 1 fully saturated rings. The molecule has 0 aromatic carbocycles. The lowest BCUT2D eigenvalue weighted by atomic mass is 10.2. The van der Waals surface area contributed by atoms with Crippen LogP contribution in [0.25, 0.3) is 11.3 Å². The van der Waals surface area contributed by atoms with Crippen LogP contribution in [-0.4, -0.2) is 69.6 Å². The Bertz CT molecular complexity index is 807. The molecule has 7 heteroatoms. The van der Waals surface area contributed by atoms with Crippen molar-refractivity contribution in [2.45, 2.75) is 31.8 Å². The van der Waals surface area contributed by atoms with Gasteiger partial charge in [0.25, 0.3) is 5.91 Å². The predicted molar refractivity (Wildman–Crippen MR) is 102 cm³/mol.